The fourth-order valence-electron chi connectivity index (χ4n) is 4.26. The Bertz CT molecular complexity index is 669. The van der Waals surface area contributed by atoms with Crippen LogP contribution in [0, 0.1) is 11.3 Å². The molecule has 2 amide bonds. The van der Waals surface area contributed by atoms with Crippen molar-refractivity contribution in [1.29, 1.82) is 0 Å². The maximum atomic E-state index is 12.5. The first-order chi connectivity index (χ1) is 13.1. The minimum Gasteiger partial charge on any atom is -0.342 e. The summed E-state index contributed by atoms with van der Waals surface area (Å²) in [6, 6.07) is 5.85. The van der Waals surface area contributed by atoms with Gasteiger partial charge in [-0.25, -0.2) is 0 Å². The highest BCUT2D eigenvalue weighted by molar-refractivity contribution is 7.99. The van der Waals surface area contributed by atoms with E-state index in [0.29, 0.717) is 24.6 Å². The summed E-state index contributed by atoms with van der Waals surface area (Å²) in [5.74, 6) is 3.19. The first-order valence-electron chi connectivity index (χ1n) is 10.2. The van der Waals surface area contributed by atoms with E-state index in [2.05, 4.69) is 4.98 Å². The van der Waals surface area contributed by atoms with Crippen LogP contribution >= 0.6 is 11.8 Å². The van der Waals surface area contributed by atoms with E-state index < -0.39 is 0 Å². The molecular weight excluding hydrogens is 358 g/mol. The third kappa shape index (κ3) is 4.84. The molecule has 3 heterocycles. The van der Waals surface area contributed by atoms with E-state index in [4.69, 9.17) is 0 Å². The Morgan fingerprint density at radius 1 is 1.22 bits per heavy atom. The van der Waals surface area contributed by atoms with Crippen LogP contribution in [0.5, 0.6) is 0 Å². The normalized spacial score (nSPS) is 22.3. The smallest absolute Gasteiger partial charge is 0.232 e. The van der Waals surface area contributed by atoms with Gasteiger partial charge in [-0.1, -0.05) is 6.07 Å². The molecule has 6 heteroatoms. The number of pyridine rings is 1. The van der Waals surface area contributed by atoms with E-state index in [1.807, 2.05) is 28.0 Å². The van der Waals surface area contributed by atoms with Crippen LogP contribution in [0.25, 0.3) is 0 Å². The van der Waals surface area contributed by atoms with Crippen molar-refractivity contribution < 1.29 is 9.59 Å². The van der Waals surface area contributed by atoms with E-state index in [9.17, 15) is 9.59 Å². The summed E-state index contributed by atoms with van der Waals surface area (Å²) in [5.41, 5.74) is 1.13. The second-order valence-corrected chi connectivity index (χ2v) is 9.44. The second-order valence-electron chi connectivity index (χ2n) is 8.41. The summed E-state index contributed by atoms with van der Waals surface area (Å²) in [6.07, 6.45) is 8.09. The van der Waals surface area contributed by atoms with Crippen LogP contribution in [-0.2, 0) is 16.1 Å². The zero-order valence-electron chi connectivity index (χ0n) is 15.9. The Morgan fingerprint density at radius 2 is 2.04 bits per heavy atom. The summed E-state index contributed by atoms with van der Waals surface area (Å²) in [4.78, 5) is 33.3. The van der Waals surface area contributed by atoms with Crippen molar-refractivity contribution in [2.24, 2.45) is 11.3 Å². The minimum absolute atomic E-state index is 0.181. The van der Waals surface area contributed by atoms with E-state index in [1.54, 1.807) is 18.0 Å². The molecule has 5 nitrogen and oxygen atoms in total. The monoisotopic (exact) mass is 387 g/mol. The van der Waals surface area contributed by atoms with Gasteiger partial charge in [-0.3, -0.25) is 14.6 Å². The molecule has 1 aromatic rings. The first kappa shape index (κ1) is 18.8. The van der Waals surface area contributed by atoms with Crippen molar-refractivity contribution >= 4 is 23.6 Å². The molecule has 0 N–H and O–H groups in total. The van der Waals surface area contributed by atoms with Gasteiger partial charge in [0, 0.05) is 32.3 Å². The molecule has 3 aliphatic rings. The van der Waals surface area contributed by atoms with Crippen molar-refractivity contribution in [3.05, 3.63) is 30.1 Å². The number of hydrogen-bond donors (Lipinski definition) is 0. The van der Waals surface area contributed by atoms with Crippen molar-refractivity contribution in [2.45, 2.75) is 45.1 Å². The van der Waals surface area contributed by atoms with E-state index in [-0.39, 0.29) is 11.3 Å². The quantitative estimate of drug-likeness (QED) is 0.753. The van der Waals surface area contributed by atoms with Gasteiger partial charge in [-0.05, 0) is 61.3 Å². The molecule has 4 rings (SSSR count). The number of carbonyl (C=O) groups is 2. The lowest BCUT2D eigenvalue weighted by Crippen LogP contribution is -2.52. The Kier molecular flexibility index (Phi) is 5.71. The van der Waals surface area contributed by atoms with Crippen molar-refractivity contribution in [3.63, 3.8) is 0 Å². The van der Waals surface area contributed by atoms with Crippen LogP contribution < -0.4 is 0 Å². The van der Waals surface area contributed by atoms with Crippen LogP contribution in [0.15, 0.2) is 24.4 Å². The highest BCUT2D eigenvalue weighted by Gasteiger charge is 2.41. The van der Waals surface area contributed by atoms with E-state index in [0.717, 1.165) is 56.3 Å². The number of likely N-dealkylation sites (tertiary alicyclic amines) is 2. The molecule has 0 unspecified atom stereocenters. The zero-order chi connectivity index (χ0) is 18.7. The molecule has 0 bridgehead atoms. The maximum Gasteiger partial charge on any atom is 0.232 e. The number of amides is 2. The Morgan fingerprint density at radius 3 is 2.74 bits per heavy atom. The number of hydrogen-bond acceptors (Lipinski definition) is 4. The number of rotatable bonds is 6. The number of aromatic nitrogens is 1. The van der Waals surface area contributed by atoms with Gasteiger partial charge < -0.3 is 9.80 Å². The van der Waals surface area contributed by atoms with Gasteiger partial charge in [0.2, 0.25) is 11.8 Å². The van der Waals surface area contributed by atoms with E-state index in [1.165, 1.54) is 12.8 Å². The average Bonchev–Trinajstić information content (AvgIpc) is 3.51. The summed E-state index contributed by atoms with van der Waals surface area (Å²) in [7, 11) is 0. The zero-order valence-corrected chi connectivity index (χ0v) is 16.8. The van der Waals surface area contributed by atoms with Crippen LogP contribution in [-0.4, -0.2) is 57.7 Å². The molecule has 1 spiro atoms. The molecule has 2 saturated heterocycles. The molecule has 0 aromatic carbocycles. The molecule has 1 saturated carbocycles. The van der Waals surface area contributed by atoms with Crippen LogP contribution in [0.2, 0.25) is 0 Å². The molecule has 1 aliphatic carbocycles. The average molecular weight is 388 g/mol. The van der Waals surface area contributed by atoms with Gasteiger partial charge in [0.05, 0.1) is 18.0 Å². The van der Waals surface area contributed by atoms with Gasteiger partial charge in [0.15, 0.2) is 0 Å². The van der Waals surface area contributed by atoms with Gasteiger partial charge in [-0.15, -0.1) is 0 Å². The number of carbonyl (C=O) groups excluding carboxylic acids is 2. The lowest BCUT2D eigenvalue weighted by Gasteiger charge is -2.47. The Labute approximate surface area is 165 Å². The predicted molar refractivity (Wildman–Crippen MR) is 107 cm³/mol. The van der Waals surface area contributed by atoms with Crippen LogP contribution in [0.4, 0.5) is 0 Å². The molecule has 1 aromatic heterocycles. The molecule has 0 radical (unpaired) electrons. The summed E-state index contributed by atoms with van der Waals surface area (Å²) in [6.45, 7) is 3.09. The standard InChI is InChI=1S/C21H29N3O2S/c25-19-6-7-21(16-24(19)13-18-3-1-2-10-22-18)8-11-23(12-9-21)20(26)15-27-14-17-4-5-17/h1-3,10,17H,4-9,11-16H2. The van der Waals surface area contributed by atoms with Crippen molar-refractivity contribution in [2.75, 3.05) is 31.1 Å². The molecule has 3 fully saturated rings. The summed E-state index contributed by atoms with van der Waals surface area (Å²) < 4.78 is 0. The summed E-state index contributed by atoms with van der Waals surface area (Å²) in [5, 5.41) is 0. The predicted octanol–water partition coefficient (Wildman–Crippen LogP) is 2.96. The lowest BCUT2D eigenvalue weighted by molar-refractivity contribution is -0.142. The topological polar surface area (TPSA) is 53.5 Å². The third-order valence-corrected chi connectivity index (χ3v) is 7.44. The van der Waals surface area contributed by atoms with Crippen LogP contribution in [0.3, 0.4) is 0 Å². The molecule has 146 valence electrons. The Hall–Kier alpha value is -1.56. The van der Waals surface area contributed by atoms with Gasteiger partial charge in [-0.2, -0.15) is 11.8 Å². The molecule has 2 aliphatic heterocycles. The van der Waals surface area contributed by atoms with Gasteiger partial charge in [0.1, 0.15) is 0 Å². The highest BCUT2D eigenvalue weighted by Crippen LogP contribution is 2.40. The van der Waals surface area contributed by atoms with Gasteiger partial charge in [0.25, 0.3) is 0 Å². The number of piperidine rings is 2. The first-order valence-corrected chi connectivity index (χ1v) is 11.3. The van der Waals surface area contributed by atoms with Gasteiger partial charge >= 0.3 is 0 Å². The fourth-order valence-corrected chi connectivity index (χ4v) is 5.40. The molecule has 27 heavy (non-hydrogen) atoms. The highest BCUT2D eigenvalue weighted by atomic mass is 32.2. The van der Waals surface area contributed by atoms with E-state index >= 15 is 0 Å². The minimum atomic E-state index is 0.181. The SMILES string of the molecule is O=C(CSCC1CC1)N1CCC2(CCC(=O)N(Cc3ccccn3)C2)CC1. The second kappa shape index (κ2) is 8.21. The third-order valence-electron chi connectivity index (χ3n) is 6.28. The molecular formula is C21H29N3O2S. The van der Waals surface area contributed by atoms with Crippen molar-refractivity contribution in [1.82, 2.24) is 14.8 Å². The Balaban J connectivity index is 1.28. The van der Waals surface area contributed by atoms with Crippen LogP contribution in [0.1, 0.15) is 44.2 Å². The fraction of sp³-hybridized carbons (Fsp3) is 0.667. The maximum absolute atomic E-state index is 12.5. The number of thioether (sulfide) groups is 1. The number of nitrogens with zero attached hydrogens (tertiary/aromatic N) is 3. The largest absolute Gasteiger partial charge is 0.342 e. The lowest BCUT2D eigenvalue weighted by atomic mass is 9.72. The molecule has 0 atom stereocenters. The summed E-state index contributed by atoms with van der Waals surface area (Å²) >= 11 is 1.80. The van der Waals surface area contributed by atoms with Crippen molar-refractivity contribution in [3.8, 4) is 0 Å².